The van der Waals surface area contributed by atoms with Gasteiger partial charge in [0.05, 0.1) is 13.0 Å². The Balaban J connectivity index is 2.25. The second kappa shape index (κ2) is 22.4. The van der Waals surface area contributed by atoms with Gasteiger partial charge in [-0.1, -0.05) is 88.4 Å². The lowest BCUT2D eigenvalue weighted by Crippen LogP contribution is -2.45. The molecule has 2 aromatic carbocycles. The Morgan fingerprint density at radius 2 is 1.39 bits per heavy atom. The number of rotatable bonds is 19. The van der Waals surface area contributed by atoms with E-state index in [1.54, 1.807) is 73.8 Å². The van der Waals surface area contributed by atoms with Gasteiger partial charge in [-0.15, -0.1) is 0 Å². The molecule has 0 fully saturated rings. The predicted molar refractivity (Wildman–Crippen MR) is 215 cm³/mol. The van der Waals surface area contributed by atoms with Crippen LogP contribution in [0.5, 0.6) is 5.75 Å². The van der Waals surface area contributed by atoms with E-state index in [1.165, 1.54) is 6.08 Å². The summed E-state index contributed by atoms with van der Waals surface area (Å²) in [5, 5.41) is 5.32. The molecule has 12 heteroatoms. The molecule has 0 aromatic heterocycles. The van der Waals surface area contributed by atoms with E-state index in [9.17, 15) is 24.0 Å². The van der Waals surface area contributed by atoms with E-state index >= 15 is 0 Å². The van der Waals surface area contributed by atoms with E-state index in [2.05, 4.69) is 10.6 Å². The van der Waals surface area contributed by atoms with E-state index < -0.39 is 65.3 Å². The lowest BCUT2D eigenvalue weighted by Gasteiger charge is -2.26. The van der Waals surface area contributed by atoms with Crippen molar-refractivity contribution in [2.75, 3.05) is 13.7 Å². The van der Waals surface area contributed by atoms with Crippen molar-refractivity contribution in [2.24, 2.45) is 17.8 Å². The zero-order valence-corrected chi connectivity index (χ0v) is 34.9. The summed E-state index contributed by atoms with van der Waals surface area (Å²) in [5.74, 6) is -2.99. The standard InChI is InChI=1S/C44H62N2O10/c1-29(2)26-37(54-39(48)31(4)28-45-42(51)56-44(8,9)10)41(50)53-36(30(3)20-21-32-16-13-12-14-17-32)18-15-19-38(47)46-35(40(49)55-43(5,6)7)27-33-22-24-34(52-11)25-23-33/h12-17,19-25,29-31,35-37H,18,26-28H2,1-11H3,(H,45,51)(H,46,47)/b19-15+,21-20+/t30-,31-,35-,36+,37+/m1/s1. The highest BCUT2D eigenvalue weighted by Crippen LogP contribution is 2.21. The summed E-state index contributed by atoms with van der Waals surface area (Å²) < 4.78 is 27.8. The Morgan fingerprint density at radius 3 is 1.96 bits per heavy atom. The van der Waals surface area contributed by atoms with E-state index in [-0.39, 0.29) is 37.6 Å². The van der Waals surface area contributed by atoms with Gasteiger partial charge in [0.15, 0.2) is 6.10 Å². The first kappa shape index (κ1) is 47.0. The van der Waals surface area contributed by atoms with E-state index in [0.29, 0.717) is 5.75 Å². The van der Waals surface area contributed by atoms with Crippen molar-refractivity contribution < 1.29 is 47.7 Å². The van der Waals surface area contributed by atoms with Crippen LogP contribution in [0.1, 0.15) is 93.2 Å². The molecule has 0 spiro atoms. The van der Waals surface area contributed by atoms with Crippen LogP contribution in [0.15, 0.2) is 72.8 Å². The maximum Gasteiger partial charge on any atom is 0.407 e. The van der Waals surface area contributed by atoms with Gasteiger partial charge in [-0.2, -0.15) is 0 Å². The molecular weight excluding hydrogens is 716 g/mol. The molecular formula is C44H62N2O10. The summed E-state index contributed by atoms with van der Waals surface area (Å²) in [4.78, 5) is 65.3. The van der Waals surface area contributed by atoms with Crippen molar-refractivity contribution in [1.29, 1.82) is 0 Å². The van der Waals surface area contributed by atoms with Crippen molar-refractivity contribution in [1.82, 2.24) is 10.6 Å². The van der Waals surface area contributed by atoms with Crippen LogP contribution in [0.2, 0.25) is 0 Å². The quantitative estimate of drug-likeness (QED) is 0.0838. The van der Waals surface area contributed by atoms with Crippen molar-refractivity contribution >= 4 is 36.0 Å². The number of carbonyl (C=O) groups is 5. The number of esters is 3. The minimum atomic E-state index is -1.21. The fraction of sp³-hybridized carbons (Fsp3) is 0.523. The summed E-state index contributed by atoms with van der Waals surface area (Å²) in [7, 11) is 1.56. The molecule has 2 amide bonds. The van der Waals surface area contributed by atoms with Crippen LogP contribution in [-0.4, -0.2) is 73.0 Å². The minimum Gasteiger partial charge on any atom is -0.497 e. The molecule has 308 valence electrons. The Labute approximate surface area is 332 Å². The minimum absolute atomic E-state index is 0.0242. The third kappa shape index (κ3) is 19.0. The smallest absolute Gasteiger partial charge is 0.407 e. The van der Waals surface area contributed by atoms with Crippen LogP contribution in [0.3, 0.4) is 0 Å². The molecule has 0 aliphatic carbocycles. The van der Waals surface area contributed by atoms with Gasteiger partial charge in [0.2, 0.25) is 5.91 Å². The highest BCUT2D eigenvalue weighted by atomic mass is 16.6. The number of carbonyl (C=O) groups excluding carboxylic acids is 5. The largest absolute Gasteiger partial charge is 0.497 e. The normalized spacial score (nSPS) is 14.6. The number of nitrogens with one attached hydrogen (secondary N) is 2. The monoisotopic (exact) mass is 778 g/mol. The predicted octanol–water partition coefficient (Wildman–Crippen LogP) is 7.39. The van der Waals surface area contributed by atoms with E-state index in [4.69, 9.17) is 23.7 Å². The zero-order valence-electron chi connectivity index (χ0n) is 34.9. The molecule has 5 atom stereocenters. The summed E-state index contributed by atoms with van der Waals surface area (Å²) in [5.41, 5.74) is 0.267. The van der Waals surface area contributed by atoms with Crippen LogP contribution >= 0.6 is 0 Å². The fourth-order valence-electron chi connectivity index (χ4n) is 5.15. The number of amides is 2. The number of ether oxygens (including phenoxy) is 5. The molecule has 2 aromatic rings. The van der Waals surface area contributed by atoms with E-state index in [1.807, 2.05) is 75.4 Å². The van der Waals surface area contributed by atoms with Crippen LogP contribution < -0.4 is 15.4 Å². The van der Waals surface area contributed by atoms with Gasteiger partial charge < -0.3 is 34.3 Å². The number of hydrogen-bond donors (Lipinski definition) is 2. The van der Waals surface area contributed by atoms with Crippen molar-refractivity contribution in [3.05, 3.63) is 84.0 Å². The molecule has 0 bridgehead atoms. The highest BCUT2D eigenvalue weighted by Gasteiger charge is 2.32. The third-order valence-electron chi connectivity index (χ3n) is 8.05. The van der Waals surface area contributed by atoms with Gasteiger partial charge >= 0.3 is 24.0 Å². The van der Waals surface area contributed by atoms with Gasteiger partial charge in [-0.05, 0) is 83.2 Å². The molecule has 12 nitrogen and oxygen atoms in total. The second-order valence-electron chi connectivity index (χ2n) is 16.2. The van der Waals surface area contributed by atoms with Crippen LogP contribution in [-0.2, 0) is 44.5 Å². The molecule has 0 aliphatic rings. The SMILES string of the molecule is COc1ccc(C[C@@H](NC(=O)/C=C/C[C@H](OC(=O)[C@H](CC(C)C)OC(=O)[C@H](C)CNC(=O)OC(C)(C)C)[C@H](C)/C=C/c2ccccc2)C(=O)OC(C)(C)C)cc1. The van der Waals surface area contributed by atoms with E-state index in [0.717, 1.165) is 11.1 Å². The molecule has 0 saturated heterocycles. The molecule has 0 aliphatic heterocycles. The Hall–Kier alpha value is -5.13. The first-order valence-electron chi connectivity index (χ1n) is 19.1. The Morgan fingerprint density at radius 1 is 0.768 bits per heavy atom. The van der Waals surface area contributed by atoms with Crippen molar-refractivity contribution in [2.45, 2.75) is 118 Å². The second-order valence-corrected chi connectivity index (χ2v) is 16.2. The van der Waals surface area contributed by atoms with Gasteiger partial charge in [-0.25, -0.2) is 14.4 Å². The first-order chi connectivity index (χ1) is 26.1. The summed E-state index contributed by atoms with van der Waals surface area (Å²) in [6.07, 6.45) is 4.58. The highest BCUT2D eigenvalue weighted by molar-refractivity contribution is 5.91. The summed E-state index contributed by atoms with van der Waals surface area (Å²) in [6, 6.07) is 15.8. The maximum absolute atomic E-state index is 13.7. The summed E-state index contributed by atoms with van der Waals surface area (Å²) in [6.45, 7) is 17.7. The topological polar surface area (TPSA) is 156 Å². The molecule has 2 rings (SSSR count). The van der Waals surface area contributed by atoms with Crippen LogP contribution in [0.4, 0.5) is 4.79 Å². The zero-order chi connectivity index (χ0) is 42.1. The molecule has 0 unspecified atom stereocenters. The molecule has 0 radical (unpaired) electrons. The van der Waals surface area contributed by atoms with Crippen LogP contribution in [0.25, 0.3) is 6.08 Å². The number of hydrogen-bond acceptors (Lipinski definition) is 10. The lowest BCUT2D eigenvalue weighted by molar-refractivity contribution is -0.175. The van der Waals surface area contributed by atoms with Gasteiger partial charge in [0, 0.05) is 25.3 Å². The van der Waals surface area contributed by atoms with Crippen LogP contribution in [0, 0.1) is 17.8 Å². The van der Waals surface area contributed by atoms with Crippen molar-refractivity contribution in [3.8, 4) is 5.75 Å². The molecule has 0 heterocycles. The summed E-state index contributed by atoms with van der Waals surface area (Å²) >= 11 is 0. The van der Waals surface area contributed by atoms with Crippen molar-refractivity contribution in [3.63, 3.8) is 0 Å². The molecule has 0 saturated carbocycles. The Bertz CT molecular complexity index is 1620. The number of benzene rings is 2. The molecule has 2 N–H and O–H groups in total. The number of alkyl carbamates (subject to hydrolysis) is 1. The number of methoxy groups -OCH3 is 1. The van der Waals surface area contributed by atoms with Gasteiger partial charge in [0.1, 0.15) is 29.1 Å². The first-order valence-corrected chi connectivity index (χ1v) is 19.1. The molecule has 56 heavy (non-hydrogen) atoms. The average Bonchev–Trinajstić information content (AvgIpc) is 3.10. The Kier molecular flexibility index (Phi) is 18.8. The van der Waals surface area contributed by atoms with Gasteiger partial charge in [0.25, 0.3) is 0 Å². The van der Waals surface area contributed by atoms with Gasteiger partial charge in [-0.3, -0.25) is 9.59 Å². The third-order valence-corrected chi connectivity index (χ3v) is 8.05. The average molecular weight is 779 g/mol. The maximum atomic E-state index is 13.7. The lowest BCUT2D eigenvalue weighted by atomic mass is 9.99. The fourth-order valence-corrected chi connectivity index (χ4v) is 5.15.